The van der Waals surface area contributed by atoms with E-state index in [2.05, 4.69) is 6.92 Å². The number of ether oxygens (including phenoxy) is 1. The lowest BCUT2D eigenvalue weighted by Gasteiger charge is -2.18. The molecule has 1 fully saturated rings. The molecule has 1 saturated heterocycles. The fourth-order valence-electron chi connectivity index (χ4n) is 2.46. The minimum Gasteiger partial charge on any atom is -0.462 e. The maximum absolute atomic E-state index is 11.7. The summed E-state index contributed by atoms with van der Waals surface area (Å²) >= 11 is 0. The number of unbranched alkanes of at least 4 members (excludes halogenated alkanes) is 1. The maximum atomic E-state index is 11.7. The van der Waals surface area contributed by atoms with Crippen molar-refractivity contribution >= 4 is 5.97 Å². The summed E-state index contributed by atoms with van der Waals surface area (Å²) in [5.74, 6) is 0.0340. The first-order chi connectivity index (χ1) is 8.33. The van der Waals surface area contributed by atoms with Gasteiger partial charge in [-0.15, -0.1) is 0 Å². The summed E-state index contributed by atoms with van der Waals surface area (Å²) in [4.78, 5) is 11.7. The van der Waals surface area contributed by atoms with E-state index in [4.69, 9.17) is 4.74 Å². The third-order valence-corrected chi connectivity index (χ3v) is 3.58. The van der Waals surface area contributed by atoms with Crippen LogP contribution in [0.1, 0.15) is 84.0 Å². The molecule has 0 aliphatic carbocycles. The van der Waals surface area contributed by atoms with Gasteiger partial charge in [-0.3, -0.25) is 4.79 Å². The molecule has 0 amide bonds. The fourth-order valence-corrected chi connectivity index (χ4v) is 2.46. The maximum Gasteiger partial charge on any atom is 0.306 e. The Balaban J connectivity index is 2.34. The van der Waals surface area contributed by atoms with Gasteiger partial charge in [0.2, 0.25) is 0 Å². The highest BCUT2D eigenvalue weighted by atomic mass is 16.5. The molecule has 2 nitrogen and oxygen atoms in total. The van der Waals surface area contributed by atoms with Crippen molar-refractivity contribution in [3.63, 3.8) is 0 Å². The van der Waals surface area contributed by atoms with Crippen LogP contribution in [-0.4, -0.2) is 12.1 Å². The van der Waals surface area contributed by atoms with E-state index in [1.807, 2.05) is 0 Å². The Kier molecular flexibility index (Phi) is 8.12. The highest BCUT2D eigenvalue weighted by Gasteiger charge is 2.14. The Hall–Kier alpha value is -0.530. The van der Waals surface area contributed by atoms with Crippen LogP contribution >= 0.6 is 0 Å². The zero-order valence-electron chi connectivity index (χ0n) is 11.4. The summed E-state index contributed by atoms with van der Waals surface area (Å²) in [5, 5.41) is 0. The molecule has 100 valence electrons. The zero-order chi connectivity index (χ0) is 12.3. The summed E-state index contributed by atoms with van der Waals surface area (Å²) in [6.45, 7) is 2.19. The summed E-state index contributed by atoms with van der Waals surface area (Å²) < 4.78 is 5.59. The van der Waals surface area contributed by atoms with Gasteiger partial charge < -0.3 is 4.74 Å². The molecule has 1 unspecified atom stereocenters. The van der Waals surface area contributed by atoms with Gasteiger partial charge in [-0.25, -0.2) is 0 Å². The van der Waals surface area contributed by atoms with Crippen molar-refractivity contribution in [2.24, 2.45) is 0 Å². The molecule has 0 radical (unpaired) electrons. The Morgan fingerprint density at radius 2 is 1.71 bits per heavy atom. The highest BCUT2D eigenvalue weighted by Crippen LogP contribution is 2.18. The van der Waals surface area contributed by atoms with Crippen LogP contribution in [0.5, 0.6) is 0 Å². The topological polar surface area (TPSA) is 26.3 Å². The Morgan fingerprint density at radius 1 is 1.06 bits per heavy atom. The van der Waals surface area contributed by atoms with Gasteiger partial charge in [0.15, 0.2) is 0 Å². The molecular weight excluding hydrogens is 212 g/mol. The van der Waals surface area contributed by atoms with Gasteiger partial charge in [0.1, 0.15) is 6.10 Å². The van der Waals surface area contributed by atoms with Crippen molar-refractivity contribution in [3.8, 4) is 0 Å². The van der Waals surface area contributed by atoms with Crippen LogP contribution < -0.4 is 0 Å². The lowest BCUT2D eigenvalue weighted by Crippen LogP contribution is -2.18. The Bertz CT molecular complexity index is 201. The van der Waals surface area contributed by atoms with E-state index in [0.717, 1.165) is 19.3 Å². The van der Waals surface area contributed by atoms with E-state index >= 15 is 0 Å². The van der Waals surface area contributed by atoms with Crippen LogP contribution in [-0.2, 0) is 9.53 Å². The van der Waals surface area contributed by atoms with Crippen molar-refractivity contribution in [2.45, 2.75) is 90.1 Å². The van der Waals surface area contributed by atoms with Crippen LogP contribution in [0.4, 0.5) is 0 Å². The zero-order valence-corrected chi connectivity index (χ0v) is 11.4. The van der Waals surface area contributed by atoms with Gasteiger partial charge in [0, 0.05) is 6.42 Å². The second-order valence-corrected chi connectivity index (χ2v) is 5.27. The average Bonchev–Trinajstić information content (AvgIpc) is 2.31. The third kappa shape index (κ3) is 7.40. The number of esters is 1. The lowest BCUT2D eigenvalue weighted by molar-refractivity contribution is -0.150. The third-order valence-electron chi connectivity index (χ3n) is 3.58. The van der Waals surface area contributed by atoms with Crippen molar-refractivity contribution < 1.29 is 9.53 Å². The molecule has 1 aliphatic rings. The second-order valence-electron chi connectivity index (χ2n) is 5.27. The van der Waals surface area contributed by atoms with Gasteiger partial charge in [-0.05, 0) is 25.7 Å². The predicted octanol–water partition coefficient (Wildman–Crippen LogP) is 4.61. The normalized spacial score (nSPS) is 24.5. The quantitative estimate of drug-likeness (QED) is 0.673. The van der Waals surface area contributed by atoms with Crippen LogP contribution in [0.2, 0.25) is 0 Å². The molecule has 1 rings (SSSR count). The second kappa shape index (κ2) is 9.49. The van der Waals surface area contributed by atoms with E-state index in [1.54, 1.807) is 0 Å². The summed E-state index contributed by atoms with van der Waals surface area (Å²) in [7, 11) is 0. The van der Waals surface area contributed by atoms with Crippen molar-refractivity contribution in [1.29, 1.82) is 0 Å². The van der Waals surface area contributed by atoms with Crippen molar-refractivity contribution in [2.75, 3.05) is 0 Å². The standard InChI is InChI=1S/C15H28O2/c1-2-3-11-14-12-9-7-5-4-6-8-10-13-15(16)17-14/h14H,2-13H2,1H3. The molecule has 1 heterocycles. The van der Waals surface area contributed by atoms with Crippen LogP contribution in [0.15, 0.2) is 0 Å². The first-order valence-electron chi connectivity index (χ1n) is 7.52. The molecule has 0 spiro atoms. The van der Waals surface area contributed by atoms with Gasteiger partial charge in [-0.1, -0.05) is 51.9 Å². The minimum atomic E-state index is 0.0340. The molecule has 0 saturated carbocycles. The molecule has 0 N–H and O–H groups in total. The van der Waals surface area contributed by atoms with E-state index in [-0.39, 0.29) is 12.1 Å². The monoisotopic (exact) mass is 240 g/mol. The predicted molar refractivity (Wildman–Crippen MR) is 71.0 cm³/mol. The first-order valence-corrected chi connectivity index (χ1v) is 7.52. The van der Waals surface area contributed by atoms with Gasteiger partial charge in [0.25, 0.3) is 0 Å². The number of carbonyl (C=O) groups is 1. The molecule has 17 heavy (non-hydrogen) atoms. The molecule has 1 atom stereocenters. The van der Waals surface area contributed by atoms with E-state index in [0.29, 0.717) is 6.42 Å². The van der Waals surface area contributed by atoms with E-state index < -0.39 is 0 Å². The largest absolute Gasteiger partial charge is 0.462 e. The molecule has 1 aliphatic heterocycles. The summed E-state index contributed by atoms with van der Waals surface area (Å²) in [6, 6.07) is 0. The number of carbonyl (C=O) groups excluding carboxylic acids is 1. The number of cyclic esters (lactones) is 1. The van der Waals surface area contributed by atoms with Gasteiger partial charge in [0.05, 0.1) is 0 Å². The molecular formula is C15H28O2. The number of hydrogen-bond acceptors (Lipinski definition) is 2. The van der Waals surface area contributed by atoms with E-state index in [1.165, 1.54) is 51.4 Å². The highest BCUT2D eigenvalue weighted by molar-refractivity contribution is 5.69. The van der Waals surface area contributed by atoms with Crippen LogP contribution in [0.3, 0.4) is 0 Å². The Labute approximate surface area is 106 Å². The van der Waals surface area contributed by atoms with Gasteiger partial charge >= 0.3 is 5.97 Å². The van der Waals surface area contributed by atoms with Crippen molar-refractivity contribution in [3.05, 3.63) is 0 Å². The fraction of sp³-hybridized carbons (Fsp3) is 0.933. The minimum absolute atomic E-state index is 0.0340. The first kappa shape index (κ1) is 14.5. The summed E-state index contributed by atoms with van der Waals surface area (Å²) in [5.41, 5.74) is 0. The van der Waals surface area contributed by atoms with Crippen LogP contribution in [0, 0.1) is 0 Å². The SMILES string of the molecule is CCCCC1CCCCCCCCCC(=O)O1. The molecule has 0 bridgehead atoms. The van der Waals surface area contributed by atoms with E-state index in [9.17, 15) is 4.79 Å². The Morgan fingerprint density at radius 3 is 2.41 bits per heavy atom. The lowest BCUT2D eigenvalue weighted by atomic mass is 10.0. The van der Waals surface area contributed by atoms with Crippen molar-refractivity contribution in [1.82, 2.24) is 0 Å². The number of hydrogen-bond donors (Lipinski definition) is 0. The smallest absolute Gasteiger partial charge is 0.306 e. The van der Waals surface area contributed by atoms with Gasteiger partial charge in [-0.2, -0.15) is 0 Å². The number of rotatable bonds is 3. The molecule has 0 aromatic carbocycles. The summed E-state index contributed by atoms with van der Waals surface area (Å²) in [6.07, 6.45) is 14.0. The average molecular weight is 240 g/mol. The van der Waals surface area contributed by atoms with Crippen LogP contribution in [0.25, 0.3) is 0 Å². The molecule has 0 aromatic rings. The molecule has 0 aromatic heterocycles. The molecule has 2 heteroatoms.